The van der Waals surface area contributed by atoms with Crippen LogP contribution in [0, 0.1) is 6.92 Å². The van der Waals surface area contributed by atoms with Gasteiger partial charge in [0.05, 0.1) is 5.33 Å². The lowest BCUT2D eigenvalue weighted by molar-refractivity contribution is -0.115. The van der Waals surface area contributed by atoms with Crippen molar-refractivity contribution >= 4 is 21.7 Å². The van der Waals surface area contributed by atoms with Crippen LogP contribution in [0.5, 0.6) is 0 Å². The molecular formula is C12H15BrO. The number of rotatable bonds is 4. The summed E-state index contributed by atoms with van der Waals surface area (Å²) < 4.78 is 0. The van der Waals surface area contributed by atoms with Crippen LogP contribution in [0.3, 0.4) is 0 Å². The second-order valence-corrected chi connectivity index (χ2v) is 3.98. The Bertz CT molecular complexity index is 331. The quantitative estimate of drug-likeness (QED) is 0.756. The van der Waals surface area contributed by atoms with Crippen molar-refractivity contribution in [1.82, 2.24) is 0 Å². The molecule has 0 saturated heterocycles. The first-order valence-electron chi connectivity index (χ1n) is 4.84. The van der Waals surface area contributed by atoms with Gasteiger partial charge in [-0.15, -0.1) is 0 Å². The number of ketones is 1. The van der Waals surface area contributed by atoms with E-state index in [-0.39, 0.29) is 5.78 Å². The number of carbonyl (C=O) groups is 1. The average Bonchev–Trinajstić information content (AvgIpc) is 2.20. The number of hydrogen-bond acceptors (Lipinski definition) is 1. The summed E-state index contributed by atoms with van der Waals surface area (Å²) in [7, 11) is 0. The predicted molar refractivity (Wildman–Crippen MR) is 63.1 cm³/mol. The van der Waals surface area contributed by atoms with Crippen LogP contribution in [0.25, 0.3) is 0 Å². The van der Waals surface area contributed by atoms with Gasteiger partial charge in [0.2, 0.25) is 0 Å². The number of halogens is 1. The molecule has 0 radical (unpaired) electrons. The first-order chi connectivity index (χ1) is 6.69. The van der Waals surface area contributed by atoms with Crippen molar-refractivity contribution in [2.45, 2.75) is 26.7 Å². The van der Waals surface area contributed by atoms with Crippen molar-refractivity contribution in [2.75, 3.05) is 5.33 Å². The second-order valence-electron chi connectivity index (χ2n) is 3.42. The molecule has 0 bridgehead atoms. The summed E-state index contributed by atoms with van der Waals surface area (Å²) in [5.41, 5.74) is 3.72. The molecule has 2 heteroatoms. The van der Waals surface area contributed by atoms with Crippen LogP contribution in [0.1, 0.15) is 23.6 Å². The summed E-state index contributed by atoms with van der Waals surface area (Å²) in [6, 6.07) is 6.22. The highest BCUT2D eigenvalue weighted by molar-refractivity contribution is 9.09. The fraction of sp³-hybridized carbons (Fsp3) is 0.417. The van der Waals surface area contributed by atoms with E-state index in [1.54, 1.807) is 0 Å². The zero-order chi connectivity index (χ0) is 10.6. The number of alkyl halides is 1. The normalized spacial score (nSPS) is 10.2. The van der Waals surface area contributed by atoms with Crippen molar-refractivity contribution in [3.8, 4) is 0 Å². The Morgan fingerprint density at radius 1 is 1.43 bits per heavy atom. The monoisotopic (exact) mass is 254 g/mol. The lowest BCUT2D eigenvalue weighted by atomic mass is 9.96. The highest BCUT2D eigenvalue weighted by Crippen LogP contribution is 2.16. The molecule has 0 unspecified atom stereocenters. The zero-order valence-corrected chi connectivity index (χ0v) is 10.2. The maximum Gasteiger partial charge on any atom is 0.147 e. The smallest absolute Gasteiger partial charge is 0.147 e. The molecule has 76 valence electrons. The number of hydrogen-bond donors (Lipinski definition) is 0. The van der Waals surface area contributed by atoms with Crippen LogP contribution in [0.15, 0.2) is 18.2 Å². The number of aryl methyl sites for hydroxylation is 2. The molecule has 0 N–H and O–H groups in total. The van der Waals surface area contributed by atoms with Gasteiger partial charge in [-0.25, -0.2) is 0 Å². The summed E-state index contributed by atoms with van der Waals surface area (Å²) in [4.78, 5) is 11.4. The molecule has 1 nitrogen and oxygen atoms in total. The van der Waals surface area contributed by atoms with Gasteiger partial charge in [-0.05, 0) is 30.0 Å². The van der Waals surface area contributed by atoms with Crippen LogP contribution >= 0.6 is 15.9 Å². The first kappa shape index (κ1) is 11.4. The van der Waals surface area contributed by atoms with Crippen LogP contribution in [-0.4, -0.2) is 11.1 Å². The fourth-order valence-electron chi connectivity index (χ4n) is 1.59. The van der Waals surface area contributed by atoms with E-state index in [2.05, 4.69) is 48.0 Å². The largest absolute Gasteiger partial charge is 0.298 e. The van der Waals surface area contributed by atoms with E-state index in [1.807, 2.05) is 0 Å². The minimum absolute atomic E-state index is 0.244. The molecule has 1 aromatic carbocycles. The molecule has 14 heavy (non-hydrogen) atoms. The van der Waals surface area contributed by atoms with E-state index in [0.717, 1.165) is 6.42 Å². The summed E-state index contributed by atoms with van der Waals surface area (Å²) in [6.07, 6.45) is 1.55. The average molecular weight is 255 g/mol. The molecule has 0 aromatic heterocycles. The standard InChI is InChI=1S/C12H15BrO/c1-3-10-6-4-5-9(2)12(10)7-11(14)8-13/h4-6H,3,7-8H2,1-2H3. The summed E-state index contributed by atoms with van der Waals surface area (Å²) in [5, 5.41) is 0.449. The summed E-state index contributed by atoms with van der Waals surface area (Å²) in [5.74, 6) is 0.244. The first-order valence-corrected chi connectivity index (χ1v) is 5.96. The Kier molecular flexibility index (Phi) is 4.33. The molecular weight excluding hydrogens is 240 g/mol. The minimum Gasteiger partial charge on any atom is -0.298 e. The third-order valence-electron chi connectivity index (χ3n) is 2.41. The van der Waals surface area contributed by atoms with Gasteiger partial charge in [0.25, 0.3) is 0 Å². The van der Waals surface area contributed by atoms with Gasteiger partial charge >= 0.3 is 0 Å². The molecule has 0 aliphatic rings. The van der Waals surface area contributed by atoms with Gasteiger partial charge in [0.15, 0.2) is 0 Å². The molecule has 0 aliphatic carbocycles. The molecule has 0 fully saturated rings. The highest BCUT2D eigenvalue weighted by Gasteiger charge is 2.08. The van der Waals surface area contributed by atoms with Gasteiger partial charge in [0, 0.05) is 6.42 Å². The fourth-order valence-corrected chi connectivity index (χ4v) is 1.79. The Labute approximate surface area is 93.7 Å². The Hall–Kier alpha value is -0.630. The third kappa shape index (κ3) is 2.68. The Morgan fingerprint density at radius 3 is 2.71 bits per heavy atom. The van der Waals surface area contributed by atoms with E-state index < -0.39 is 0 Å². The van der Waals surface area contributed by atoms with Crippen LogP contribution in [-0.2, 0) is 17.6 Å². The van der Waals surface area contributed by atoms with Crippen molar-refractivity contribution in [1.29, 1.82) is 0 Å². The van der Waals surface area contributed by atoms with Crippen molar-refractivity contribution < 1.29 is 4.79 Å². The van der Waals surface area contributed by atoms with Crippen molar-refractivity contribution in [3.05, 3.63) is 34.9 Å². The van der Waals surface area contributed by atoms with Gasteiger partial charge in [-0.1, -0.05) is 41.1 Å². The Balaban J connectivity index is 2.98. The van der Waals surface area contributed by atoms with E-state index in [9.17, 15) is 4.79 Å². The lowest BCUT2D eigenvalue weighted by Gasteiger charge is -2.09. The van der Waals surface area contributed by atoms with Gasteiger partial charge in [-0.2, -0.15) is 0 Å². The third-order valence-corrected chi connectivity index (χ3v) is 3.04. The maximum absolute atomic E-state index is 11.4. The van der Waals surface area contributed by atoms with E-state index in [0.29, 0.717) is 11.8 Å². The van der Waals surface area contributed by atoms with E-state index in [4.69, 9.17) is 0 Å². The number of carbonyl (C=O) groups excluding carboxylic acids is 1. The molecule has 0 amide bonds. The zero-order valence-electron chi connectivity index (χ0n) is 8.64. The van der Waals surface area contributed by atoms with E-state index in [1.165, 1.54) is 16.7 Å². The van der Waals surface area contributed by atoms with Gasteiger partial charge in [-0.3, -0.25) is 4.79 Å². The van der Waals surface area contributed by atoms with Crippen LogP contribution in [0.4, 0.5) is 0 Å². The highest BCUT2D eigenvalue weighted by atomic mass is 79.9. The minimum atomic E-state index is 0.244. The Morgan fingerprint density at radius 2 is 2.14 bits per heavy atom. The van der Waals surface area contributed by atoms with Crippen molar-refractivity contribution in [3.63, 3.8) is 0 Å². The maximum atomic E-state index is 11.4. The summed E-state index contributed by atoms with van der Waals surface area (Å²) >= 11 is 3.19. The topological polar surface area (TPSA) is 17.1 Å². The van der Waals surface area contributed by atoms with Gasteiger partial charge < -0.3 is 0 Å². The molecule has 1 rings (SSSR count). The summed E-state index contributed by atoms with van der Waals surface area (Å²) in [6.45, 7) is 4.19. The molecule has 0 atom stereocenters. The lowest BCUT2D eigenvalue weighted by Crippen LogP contribution is -2.07. The molecule has 1 aromatic rings. The number of benzene rings is 1. The second kappa shape index (κ2) is 5.30. The molecule has 0 spiro atoms. The van der Waals surface area contributed by atoms with Crippen LogP contribution in [0.2, 0.25) is 0 Å². The van der Waals surface area contributed by atoms with E-state index >= 15 is 0 Å². The predicted octanol–water partition coefficient (Wildman–Crippen LogP) is 3.06. The van der Waals surface area contributed by atoms with Crippen molar-refractivity contribution in [2.24, 2.45) is 0 Å². The molecule has 0 heterocycles. The molecule has 0 saturated carbocycles. The van der Waals surface area contributed by atoms with Gasteiger partial charge in [0.1, 0.15) is 5.78 Å². The number of Topliss-reactive ketones (excluding diaryl/α,β-unsaturated/α-hetero) is 1. The molecule has 0 aliphatic heterocycles. The SMILES string of the molecule is CCc1cccc(C)c1CC(=O)CBr. The van der Waals surface area contributed by atoms with Crippen LogP contribution < -0.4 is 0 Å².